The molecule has 0 atom stereocenters. The maximum atomic E-state index is 2.27. The highest BCUT2D eigenvalue weighted by Gasteiger charge is 2.17. The van der Waals surface area contributed by atoms with Crippen LogP contribution in [0.3, 0.4) is 0 Å². The van der Waals surface area contributed by atoms with Gasteiger partial charge in [-0.15, -0.1) is 0 Å². The number of nitrogens with zero attached hydrogens (tertiary/aromatic N) is 1. The minimum Gasteiger partial charge on any atom is -0.244 e. The zero-order valence-corrected chi connectivity index (χ0v) is 10.7. The highest BCUT2D eigenvalue weighted by atomic mass is 32.2. The van der Waals surface area contributed by atoms with Crippen molar-refractivity contribution in [1.82, 2.24) is 4.31 Å². The van der Waals surface area contributed by atoms with Gasteiger partial charge in [0.1, 0.15) is 0 Å². The molecule has 0 saturated heterocycles. The fourth-order valence-corrected chi connectivity index (χ4v) is 1.77. The van der Waals surface area contributed by atoms with E-state index >= 15 is 0 Å². The van der Waals surface area contributed by atoms with Crippen LogP contribution in [0.2, 0.25) is 0 Å². The molecule has 82 valence electrons. The first-order valence-electron chi connectivity index (χ1n) is 5.13. The topological polar surface area (TPSA) is 3.24 Å². The van der Waals surface area contributed by atoms with Gasteiger partial charge in [-0.25, -0.2) is 4.31 Å². The lowest BCUT2D eigenvalue weighted by Crippen LogP contribution is -2.32. The van der Waals surface area contributed by atoms with E-state index in [0.29, 0.717) is 0 Å². The summed E-state index contributed by atoms with van der Waals surface area (Å²) in [6, 6.07) is 0. The summed E-state index contributed by atoms with van der Waals surface area (Å²) in [5.41, 5.74) is 0.182. The van der Waals surface area contributed by atoms with Gasteiger partial charge < -0.3 is 0 Å². The van der Waals surface area contributed by atoms with Crippen LogP contribution < -0.4 is 0 Å². The summed E-state index contributed by atoms with van der Waals surface area (Å²) in [7, 11) is 2.12. The van der Waals surface area contributed by atoms with Gasteiger partial charge in [0.15, 0.2) is 0 Å². The Kier molecular flexibility index (Phi) is 4.43. The van der Waals surface area contributed by atoms with Gasteiger partial charge in [-0.05, 0) is 51.9 Å². The maximum Gasteiger partial charge on any atom is 0.0230 e. The lowest BCUT2D eigenvalue weighted by atomic mass is 10.1. The van der Waals surface area contributed by atoms with Crippen molar-refractivity contribution in [1.29, 1.82) is 0 Å². The molecule has 0 amide bonds. The monoisotopic (exact) mass is 221 g/mol. The van der Waals surface area contributed by atoms with E-state index in [4.69, 9.17) is 0 Å². The molecule has 0 fully saturated rings. The minimum absolute atomic E-state index is 0.182. The van der Waals surface area contributed by atoms with Crippen molar-refractivity contribution in [2.75, 3.05) is 7.05 Å². The molecule has 2 heteroatoms. The predicted molar refractivity (Wildman–Crippen MR) is 70.6 cm³/mol. The molecule has 1 rings (SSSR count). The first-order valence-corrected chi connectivity index (χ1v) is 5.91. The summed E-state index contributed by atoms with van der Waals surface area (Å²) >= 11 is 1.77. The molecule has 0 N–H and O–H groups in total. The Morgan fingerprint density at radius 2 is 1.60 bits per heavy atom. The summed E-state index contributed by atoms with van der Waals surface area (Å²) in [5, 5.41) is 0. The number of hydrogen-bond donors (Lipinski definition) is 0. The summed E-state index contributed by atoms with van der Waals surface area (Å²) in [5.74, 6) is 0. The molecule has 0 aromatic heterocycles. The largest absolute Gasteiger partial charge is 0.244 e. The Hall–Kier alpha value is -0.730. The van der Waals surface area contributed by atoms with Crippen LogP contribution in [-0.2, 0) is 0 Å². The smallest absolute Gasteiger partial charge is 0.0230 e. The van der Waals surface area contributed by atoms with E-state index in [1.807, 2.05) is 18.2 Å². The Morgan fingerprint density at radius 3 is 2.27 bits per heavy atom. The van der Waals surface area contributed by atoms with Gasteiger partial charge in [-0.2, -0.15) is 0 Å². The second-order valence-electron chi connectivity index (χ2n) is 4.46. The van der Waals surface area contributed by atoms with Crippen molar-refractivity contribution in [3.63, 3.8) is 0 Å². The Bertz CT molecular complexity index is 316. The van der Waals surface area contributed by atoms with Crippen LogP contribution in [0.1, 0.15) is 20.8 Å². The van der Waals surface area contributed by atoms with Crippen molar-refractivity contribution >= 4 is 11.9 Å². The summed E-state index contributed by atoms with van der Waals surface area (Å²) in [6.07, 6.45) is 14.5. The maximum absolute atomic E-state index is 2.27. The lowest BCUT2D eigenvalue weighted by molar-refractivity contribution is 0.321. The predicted octanol–water partition coefficient (Wildman–Crippen LogP) is 3.93. The van der Waals surface area contributed by atoms with Gasteiger partial charge in [0.05, 0.1) is 0 Å². The van der Waals surface area contributed by atoms with Crippen LogP contribution in [0.5, 0.6) is 0 Å². The van der Waals surface area contributed by atoms with Crippen LogP contribution >= 0.6 is 11.9 Å². The Labute approximate surface area is 97.4 Å². The zero-order chi connectivity index (χ0) is 11.3. The van der Waals surface area contributed by atoms with Crippen LogP contribution in [-0.4, -0.2) is 16.9 Å². The number of allylic oxidation sites excluding steroid dienone is 7. The first kappa shape index (κ1) is 12.3. The third-order valence-electron chi connectivity index (χ3n) is 2.15. The van der Waals surface area contributed by atoms with Crippen molar-refractivity contribution in [2.24, 2.45) is 0 Å². The number of rotatable bonds is 2. The van der Waals surface area contributed by atoms with Gasteiger partial charge in [-0.3, -0.25) is 0 Å². The minimum atomic E-state index is 0.182. The van der Waals surface area contributed by atoms with E-state index in [0.717, 1.165) is 0 Å². The van der Waals surface area contributed by atoms with Crippen LogP contribution in [0.15, 0.2) is 47.4 Å². The van der Waals surface area contributed by atoms with E-state index in [9.17, 15) is 0 Å². The Balaban J connectivity index is 2.65. The standard InChI is InChI=1S/C13H19NS/c1-13(2,3)14(4)15-12-10-8-6-5-7-9-11-12/h5-11H,1-4H3/b6-5-,7-5?,8-6?,9-7-,10-8-,11-9?,12-10?,12-11+. The first-order chi connectivity index (χ1) is 7.00. The molecule has 0 bridgehead atoms. The third kappa shape index (κ3) is 4.54. The average Bonchev–Trinajstić information content (AvgIpc) is 2.07. The van der Waals surface area contributed by atoms with E-state index in [1.165, 1.54) is 4.91 Å². The summed E-state index contributed by atoms with van der Waals surface area (Å²) in [6.45, 7) is 6.63. The fourth-order valence-electron chi connectivity index (χ4n) is 0.905. The van der Waals surface area contributed by atoms with E-state index < -0.39 is 0 Å². The van der Waals surface area contributed by atoms with Gasteiger partial charge >= 0.3 is 0 Å². The third-order valence-corrected chi connectivity index (χ3v) is 3.46. The van der Waals surface area contributed by atoms with Crippen LogP contribution in [0.25, 0.3) is 0 Å². The highest BCUT2D eigenvalue weighted by molar-refractivity contribution is 8.01. The van der Waals surface area contributed by atoms with Gasteiger partial charge in [0.2, 0.25) is 0 Å². The normalized spacial score (nSPS) is 26.3. The average molecular weight is 221 g/mol. The van der Waals surface area contributed by atoms with Gasteiger partial charge in [-0.1, -0.05) is 30.4 Å². The van der Waals surface area contributed by atoms with Gasteiger partial charge in [0.25, 0.3) is 0 Å². The molecule has 0 aromatic carbocycles. The highest BCUT2D eigenvalue weighted by Crippen LogP contribution is 2.28. The van der Waals surface area contributed by atoms with Crippen molar-refractivity contribution in [2.45, 2.75) is 26.3 Å². The molecule has 1 aliphatic carbocycles. The summed E-state index contributed by atoms with van der Waals surface area (Å²) < 4.78 is 2.27. The quantitative estimate of drug-likeness (QED) is 0.650. The zero-order valence-electron chi connectivity index (χ0n) is 9.90. The van der Waals surface area contributed by atoms with E-state index in [1.54, 1.807) is 11.9 Å². The molecule has 0 spiro atoms. The molecule has 0 unspecified atom stereocenters. The molecule has 0 aromatic rings. The second-order valence-corrected chi connectivity index (χ2v) is 5.66. The molecule has 0 radical (unpaired) electrons. The summed E-state index contributed by atoms with van der Waals surface area (Å²) in [4.78, 5) is 1.26. The van der Waals surface area contributed by atoms with Gasteiger partial charge in [0, 0.05) is 10.4 Å². The van der Waals surface area contributed by atoms with Crippen LogP contribution in [0, 0.1) is 0 Å². The molecular weight excluding hydrogens is 202 g/mol. The van der Waals surface area contributed by atoms with E-state index in [2.05, 4.69) is 56.4 Å². The molecule has 0 saturated carbocycles. The number of hydrogen-bond acceptors (Lipinski definition) is 2. The Morgan fingerprint density at radius 1 is 1.00 bits per heavy atom. The molecule has 0 heterocycles. The fraction of sp³-hybridized carbons (Fsp3) is 0.385. The van der Waals surface area contributed by atoms with Crippen molar-refractivity contribution in [3.05, 3.63) is 47.4 Å². The molecular formula is C13H19NS. The molecule has 0 aliphatic heterocycles. The van der Waals surface area contributed by atoms with Crippen molar-refractivity contribution in [3.8, 4) is 0 Å². The molecule has 1 aliphatic rings. The SMILES string of the molecule is CN(SC1=C/C=C\C=C/C=C\1)C(C)(C)C. The molecule has 15 heavy (non-hydrogen) atoms. The lowest BCUT2D eigenvalue weighted by Gasteiger charge is -2.30. The molecule has 1 nitrogen and oxygen atoms in total. The van der Waals surface area contributed by atoms with Crippen LogP contribution in [0.4, 0.5) is 0 Å². The second kappa shape index (κ2) is 5.38. The van der Waals surface area contributed by atoms with E-state index in [-0.39, 0.29) is 5.54 Å². The van der Waals surface area contributed by atoms with Crippen molar-refractivity contribution < 1.29 is 0 Å².